The lowest BCUT2D eigenvalue weighted by Crippen LogP contribution is -2.60. The number of amides is 6. The molecule has 1 unspecified atom stereocenters. The summed E-state index contributed by atoms with van der Waals surface area (Å²) >= 11 is 9.58. The van der Waals surface area contributed by atoms with Crippen LogP contribution in [0.4, 0.5) is 10.5 Å². The Morgan fingerprint density at radius 2 is 1.81 bits per heavy atom. The first-order valence-corrected chi connectivity index (χ1v) is 27.1. The number of nitrogens with one attached hydrogen (secondary N) is 2. The summed E-state index contributed by atoms with van der Waals surface area (Å²) in [6.45, 7) is 10.9. The van der Waals surface area contributed by atoms with E-state index in [9.17, 15) is 38.7 Å². The highest BCUT2D eigenvalue weighted by atomic mass is 35.5. The zero-order valence-electron chi connectivity index (χ0n) is 43.3. The van der Waals surface area contributed by atoms with Crippen molar-refractivity contribution in [3.05, 3.63) is 46.5 Å². The number of anilines is 1. The minimum absolute atomic E-state index is 0.0163. The third kappa shape index (κ3) is 14.1. The molecule has 4 fully saturated rings. The predicted molar refractivity (Wildman–Crippen MR) is 278 cm³/mol. The van der Waals surface area contributed by atoms with E-state index in [2.05, 4.69) is 21.8 Å². The number of methoxy groups -OCH3 is 1. The van der Waals surface area contributed by atoms with Gasteiger partial charge in [-0.2, -0.15) is 0 Å². The highest BCUT2D eigenvalue weighted by molar-refractivity contribution is 8.03. The quantitative estimate of drug-likeness (QED) is 0.0965. The largest absolute Gasteiger partial charge is 0.495 e. The number of ether oxygens (including phenoxy) is 4. The van der Waals surface area contributed by atoms with Gasteiger partial charge in [-0.15, -0.1) is 11.8 Å². The second kappa shape index (κ2) is 25.5. The molecule has 72 heavy (non-hydrogen) atoms. The van der Waals surface area contributed by atoms with E-state index in [1.807, 2.05) is 32.3 Å². The molecule has 1 aromatic rings. The number of benzene rings is 1. The number of nitrogens with zero attached hydrogens (tertiary/aromatic N) is 3. The van der Waals surface area contributed by atoms with Crippen LogP contribution in [0.25, 0.3) is 0 Å². The van der Waals surface area contributed by atoms with Crippen LogP contribution in [0, 0.1) is 34.8 Å². The first-order valence-electron chi connectivity index (χ1n) is 24.5. The van der Waals surface area contributed by atoms with E-state index >= 15 is 0 Å². The van der Waals surface area contributed by atoms with Crippen molar-refractivity contribution in [1.29, 1.82) is 0 Å². The molecule has 5 aliphatic rings. The highest BCUT2D eigenvalue weighted by Gasteiger charge is 2.64. The number of epoxide rings is 1. The number of hydrogen-bond donors (Lipinski definition) is 3. The van der Waals surface area contributed by atoms with Gasteiger partial charge in [-0.1, -0.05) is 66.9 Å². The summed E-state index contributed by atoms with van der Waals surface area (Å²) < 4.78 is 23.8. The maximum absolute atomic E-state index is 14.3. The molecule has 6 rings (SSSR count). The maximum Gasteiger partial charge on any atom is 0.409 e. The lowest BCUT2D eigenvalue weighted by atomic mass is 9.81. The van der Waals surface area contributed by atoms with Crippen LogP contribution >= 0.6 is 35.1 Å². The molecular formula is C52H72ClN5O12S2. The Balaban J connectivity index is 0.00000183. The molecule has 0 spiro atoms. The standard InChI is InChI=1S/C48H66ClN5O12S.C4H6S/c1-26-11-10-12-27(2)48(62)24-35(64-46(61)51-48)28(3)42-47(5,66-42)37(23-39(56)53(8)33-20-31(19-26)21-34(63-9)41(33)49)65-45(60)29(4)52(7)38(55)17-18-67-36-22-40(57)54(44(36)59)25-30-13-15-32(16-14-30)43(58)50-6;1-3-4-5-2/h10-12,20-21,27-30,32,35-37,42,62H,13-19,22-25H2,1-9H3,(H,50,58)(H,51,61);1-2H3/b12-10+,26-11+;/t27-,28-,29+,30?,32?,35+,36?,37+,42+,47-,48+;/m0./s1. The van der Waals surface area contributed by atoms with E-state index in [0.717, 1.165) is 24.0 Å². The minimum Gasteiger partial charge on any atom is -0.495 e. The summed E-state index contributed by atoms with van der Waals surface area (Å²) in [6.07, 6.45) is 7.06. The SMILES string of the molecule is CC#CSC.CNC(=O)C1CCC(CN2C(=O)CC(SCCC(=O)N(C)[C@H](C)C(=O)O[C@@H]3CC(=O)N(C)c4cc(cc(OC)c4Cl)C/C(C)=C/C=C/[C@H](C)[C@]4(O)C[C@@H](OC(=O)N4)[C@H](C)[C@H]4O[C@]43C)C2=O)CC1. The van der Waals surface area contributed by atoms with Crippen molar-refractivity contribution in [2.24, 2.45) is 23.7 Å². The molecular weight excluding hydrogens is 986 g/mol. The van der Waals surface area contributed by atoms with Gasteiger partial charge in [-0.3, -0.25) is 34.2 Å². The summed E-state index contributed by atoms with van der Waals surface area (Å²) in [6, 6.07) is 2.48. The number of carbonyl (C=O) groups excluding carboxylic acids is 7. The van der Waals surface area contributed by atoms with Crippen molar-refractivity contribution in [1.82, 2.24) is 20.4 Å². The summed E-state index contributed by atoms with van der Waals surface area (Å²) in [5, 5.41) is 19.4. The van der Waals surface area contributed by atoms with Gasteiger partial charge in [0.2, 0.25) is 29.5 Å². The average molecular weight is 1060 g/mol. The monoisotopic (exact) mass is 1060 g/mol. The third-order valence-electron chi connectivity index (χ3n) is 14.6. The van der Waals surface area contributed by atoms with Gasteiger partial charge in [0.05, 0.1) is 30.6 Å². The van der Waals surface area contributed by atoms with Crippen LogP contribution in [0.3, 0.4) is 0 Å². The van der Waals surface area contributed by atoms with Gasteiger partial charge in [-0.05, 0) is 94.9 Å². The summed E-state index contributed by atoms with van der Waals surface area (Å²) in [7, 11) is 6.13. The molecule has 396 valence electrons. The first-order chi connectivity index (χ1) is 34.0. The van der Waals surface area contributed by atoms with Crippen molar-refractivity contribution in [2.75, 3.05) is 51.7 Å². The lowest BCUT2D eigenvalue weighted by molar-refractivity contribution is -0.162. The topological polar surface area (TPSA) is 214 Å². The maximum atomic E-state index is 14.3. The number of halogens is 1. The summed E-state index contributed by atoms with van der Waals surface area (Å²) in [4.78, 5) is 97.1. The Morgan fingerprint density at radius 3 is 2.43 bits per heavy atom. The van der Waals surface area contributed by atoms with Crippen LogP contribution in [0.1, 0.15) is 98.5 Å². The van der Waals surface area contributed by atoms with E-state index in [-0.39, 0.29) is 66.0 Å². The van der Waals surface area contributed by atoms with Crippen LogP contribution in [0.2, 0.25) is 5.02 Å². The molecule has 4 bridgehead atoms. The van der Waals surface area contributed by atoms with Crippen molar-refractivity contribution in [3.63, 3.8) is 0 Å². The van der Waals surface area contributed by atoms with Crippen molar-refractivity contribution < 1.29 is 57.6 Å². The number of esters is 1. The Morgan fingerprint density at radius 1 is 1.11 bits per heavy atom. The van der Waals surface area contributed by atoms with Crippen molar-refractivity contribution in [2.45, 2.75) is 140 Å². The number of imide groups is 1. The molecule has 0 radical (unpaired) electrons. The second-order valence-corrected chi connectivity index (χ2v) is 21.9. The Kier molecular flexibility index (Phi) is 20.6. The van der Waals surface area contributed by atoms with Crippen LogP contribution in [0.15, 0.2) is 35.9 Å². The smallest absolute Gasteiger partial charge is 0.409 e. The molecule has 17 nitrogen and oxygen atoms in total. The number of aliphatic hydroxyl groups is 1. The fourth-order valence-corrected chi connectivity index (χ4v) is 11.4. The molecule has 1 aromatic carbocycles. The normalized spacial score (nSPS) is 31.1. The first kappa shape index (κ1) is 58.2. The molecule has 4 heterocycles. The van der Waals surface area contributed by atoms with E-state index in [4.69, 9.17) is 30.5 Å². The average Bonchev–Trinajstić information content (AvgIpc) is 3.98. The molecule has 4 aliphatic heterocycles. The summed E-state index contributed by atoms with van der Waals surface area (Å²) in [5.41, 5.74) is -0.796. The zero-order chi connectivity index (χ0) is 53.2. The van der Waals surface area contributed by atoms with Gasteiger partial charge in [0.25, 0.3) is 0 Å². The van der Waals surface area contributed by atoms with Gasteiger partial charge in [0, 0.05) is 70.5 Å². The molecule has 1 aliphatic carbocycles. The van der Waals surface area contributed by atoms with Crippen molar-refractivity contribution in [3.8, 4) is 16.9 Å². The minimum atomic E-state index is -1.66. The van der Waals surface area contributed by atoms with E-state index in [1.165, 1.54) is 47.5 Å². The van der Waals surface area contributed by atoms with E-state index in [0.29, 0.717) is 37.2 Å². The van der Waals surface area contributed by atoms with Gasteiger partial charge in [-0.25, -0.2) is 9.59 Å². The molecule has 9 atom stereocenters. The van der Waals surface area contributed by atoms with Gasteiger partial charge >= 0.3 is 12.1 Å². The second-order valence-electron chi connectivity index (χ2n) is 19.6. The number of hydrogen-bond acceptors (Lipinski definition) is 14. The van der Waals surface area contributed by atoms with Crippen LogP contribution in [-0.2, 0) is 49.4 Å². The van der Waals surface area contributed by atoms with Crippen molar-refractivity contribution >= 4 is 82.4 Å². The number of alkyl carbamates (subject to hydrolysis) is 1. The number of carbonyl (C=O) groups is 7. The van der Waals surface area contributed by atoms with E-state index < -0.39 is 76.6 Å². The van der Waals surface area contributed by atoms with Crippen LogP contribution in [-0.4, -0.2) is 144 Å². The molecule has 3 N–H and O–H groups in total. The third-order valence-corrected chi connectivity index (χ3v) is 16.6. The number of allylic oxidation sites excluding steroid dienone is 3. The Bertz CT molecular complexity index is 2330. The number of fused-ring (bicyclic) bond motifs is 5. The fraction of sp³-hybridized carbons (Fsp3) is 0.635. The lowest BCUT2D eigenvalue weighted by Gasteiger charge is -2.41. The highest BCUT2D eigenvalue weighted by Crippen LogP contribution is 2.49. The van der Waals surface area contributed by atoms with Gasteiger partial charge < -0.3 is 39.2 Å². The Hall–Kier alpha value is -4.74. The molecule has 0 aromatic heterocycles. The molecule has 1 saturated carbocycles. The number of rotatable bonds is 11. The number of likely N-dealkylation sites (tertiary alicyclic amines) is 1. The number of likely N-dealkylation sites (N-methyl/N-ethyl adjacent to an activating group) is 1. The van der Waals surface area contributed by atoms with Gasteiger partial charge in [0.15, 0.2) is 0 Å². The zero-order valence-corrected chi connectivity index (χ0v) is 45.7. The van der Waals surface area contributed by atoms with Crippen LogP contribution in [0.5, 0.6) is 5.75 Å². The molecule has 6 amide bonds. The van der Waals surface area contributed by atoms with Gasteiger partial charge in [0.1, 0.15) is 40.3 Å². The Labute approximate surface area is 437 Å². The predicted octanol–water partition coefficient (Wildman–Crippen LogP) is 6.27. The van der Waals surface area contributed by atoms with Crippen LogP contribution < -0.4 is 20.3 Å². The number of thioether (sulfide) groups is 2. The summed E-state index contributed by atoms with van der Waals surface area (Å²) in [5.74, 6) is 0.172. The molecule has 3 saturated heterocycles. The van der Waals surface area contributed by atoms with E-state index in [1.54, 1.807) is 64.8 Å². The molecule has 20 heteroatoms. The fourth-order valence-electron chi connectivity index (χ4n) is 9.73.